The topological polar surface area (TPSA) is 77.2 Å². The Bertz CT molecular complexity index is 1450. The van der Waals surface area contributed by atoms with E-state index in [2.05, 4.69) is 27.8 Å². The quantitative estimate of drug-likeness (QED) is 0.413. The van der Waals surface area contributed by atoms with Crippen LogP contribution in [0.3, 0.4) is 0 Å². The van der Waals surface area contributed by atoms with E-state index in [0.29, 0.717) is 12.1 Å². The number of hydrogen-bond acceptors (Lipinski definition) is 3. The highest BCUT2D eigenvalue weighted by atomic mass is 16.2. The van der Waals surface area contributed by atoms with E-state index >= 15 is 0 Å². The molecule has 0 bridgehead atoms. The van der Waals surface area contributed by atoms with E-state index in [0.717, 1.165) is 45.6 Å². The molecule has 0 atom stereocenters. The lowest BCUT2D eigenvalue weighted by Gasteiger charge is -2.27. The largest absolute Gasteiger partial charge is 0.381 e. The first-order chi connectivity index (χ1) is 15.9. The molecular weight excluding hydrogens is 412 g/mol. The minimum Gasteiger partial charge on any atom is -0.381 e. The van der Waals surface area contributed by atoms with Gasteiger partial charge in [-0.15, -0.1) is 0 Å². The first-order valence-corrected chi connectivity index (χ1v) is 11.1. The monoisotopic (exact) mass is 436 g/mol. The first kappa shape index (κ1) is 19.6. The van der Waals surface area contributed by atoms with E-state index in [9.17, 15) is 9.59 Å². The smallest absolute Gasteiger partial charge is 0.255 e. The van der Waals surface area contributed by atoms with Crippen LogP contribution in [0.25, 0.3) is 10.9 Å². The van der Waals surface area contributed by atoms with Crippen molar-refractivity contribution in [2.45, 2.75) is 32.4 Å². The molecule has 3 heterocycles. The number of fused-ring (bicyclic) bond motifs is 3. The summed E-state index contributed by atoms with van der Waals surface area (Å²) in [6, 6.07) is 19.6. The zero-order valence-electron chi connectivity index (χ0n) is 18.5. The van der Waals surface area contributed by atoms with Crippen LogP contribution in [0.15, 0.2) is 66.9 Å². The number of carbonyl (C=O) groups is 2. The van der Waals surface area contributed by atoms with Crippen LogP contribution in [-0.2, 0) is 23.3 Å². The number of benzene rings is 3. The third-order valence-electron chi connectivity index (χ3n) is 6.90. The van der Waals surface area contributed by atoms with Crippen molar-refractivity contribution < 1.29 is 9.59 Å². The molecule has 1 aromatic heterocycles. The Morgan fingerprint density at radius 3 is 2.76 bits per heavy atom. The van der Waals surface area contributed by atoms with E-state index in [1.54, 1.807) is 12.3 Å². The summed E-state index contributed by atoms with van der Waals surface area (Å²) in [5.74, 6) is -0.149. The maximum Gasteiger partial charge on any atom is 0.255 e. The summed E-state index contributed by atoms with van der Waals surface area (Å²) in [7, 11) is 0. The highest BCUT2D eigenvalue weighted by Crippen LogP contribution is 2.43. The van der Waals surface area contributed by atoms with E-state index in [1.165, 1.54) is 5.56 Å². The SMILES string of the molecule is CC1(C)C(=O)N(Cc2cccc3c2CN3)c2cc(C(=O)Nc3c[nH]c4ccccc34)ccc21. The predicted molar refractivity (Wildman–Crippen MR) is 131 cm³/mol. The number of para-hydroxylation sites is 1. The number of amides is 2. The molecule has 2 aliphatic rings. The van der Waals surface area contributed by atoms with Crippen LogP contribution in [0, 0.1) is 0 Å². The molecule has 6 nitrogen and oxygen atoms in total. The highest BCUT2D eigenvalue weighted by Gasteiger charge is 2.44. The average molecular weight is 437 g/mol. The summed E-state index contributed by atoms with van der Waals surface area (Å²) in [4.78, 5) is 31.5. The van der Waals surface area contributed by atoms with Gasteiger partial charge in [0.2, 0.25) is 5.91 Å². The number of carbonyl (C=O) groups excluding carboxylic acids is 2. The van der Waals surface area contributed by atoms with Crippen LogP contribution in [0.1, 0.15) is 40.9 Å². The average Bonchev–Trinajstić information content (AvgIpc) is 3.27. The van der Waals surface area contributed by atoms with Crippen molar-refractivity contribution in [3.8, 4) is 0 Å². The lowest BCUT2D eigenvalue weighted by atomic mass is 9.86. The first-order valence-electron chi connectivity index (χ1n) is 11.1. The summed E-state index contributed by atoms with van der Waals surface area (Å²) < 4.78 is 0. The van der Waals surface area contributed by atoms with Gasteiger partial charge in [-0.25, -0.2) is 0 Å². The molecule has 33 heavy (non-hydrogen) atoms. The van der Waals surface area contributed by atoms with Crippen LogP contribution < -0.4 is 15.5 Å². The second-order valence-electron chi connectivity index (χ2n) is 9.25. The van der Waals surface area contributed by atoms with Gasteiger partial charge in [0.15, 0.2) is 0 Å². The Kier molecular flexibility index (Phi) is 4.14. The van der Waals surface area contributed by atoms with Gasteiger partial charge in [-0.2, -0.15) is 0 Å². The molecule has 0 unspecified atom stereocenters. The molecule has 0 radical (unpaired) electrons. The van der Waals surface area contributed by atoms with Crippen LogP contribution in [0.2, 0.25) is 0 Å². The summed E-state index contributed by atoms with van der Waals surface area (Å²) in [5.41, 5.74) is 6.87. The molecule has 3 aromatic carbocycles. The highest BCUT2D eigenvalue weighted by molar-refractivity contribution is 6.12. The molecule has 0 fully saturated rings. The second kappa shape index (κ2) is 6.97. The van der Waals surface area contributed by atoms with E-state index in [-0.39, 0.29) is 11.8 Å². The van der Waals surface area contributed by atoms with Gasteiger partial charge in [0.1, 0.15) is 0 Å². The van der Waals surface area contributed by atoms with Gasteiger partial charge in [-0.3, -0.25) is 9.59 Å². The standard InChI is InChI=1S/C27H24N4O2/c1-27(2)20-11-10-16(25(32)30-23-14-29-21-8-4-3-7-18(21)23)12-24(20)31(26(27)33)15-17-6-5-9-22-19(17)13-28-22/h3-12,14,28-29H,13,15H2,1-2H3,(H,30,32). The Hall–Kier alpha value is -4.06. The summed E-state index contributed by atoms with van der Waals surface area (Å²) >= 11 is 0. The molecule has 0 saturated carbocycles. The maximum atomic E-state index is 13.4. The molecular formula is C27H24N4O2. The lowest BCUT2D eigenvalue weighted by molar-refractivity contribution is -0.122. The number of anilines is 3. The van der Waals surface area contributed by atoms with Crippen LogP contribution >= 0.6 is 0 Å². The number of rotatable bonds is 4. The Balaban J connectivity index is 1.34. The van der Waals surface area contributed by atoms with Crippen molar-refractivity contribution in [2.75, 3.05) is 15.5 Å². The fraction of sp³-hybridized carbons (Fsp3) is 0.185. The van der Waals surface area contributed by atoms with Crippen LogP contribution in [0.5, 0.6) is 0 Å². The Morgan fingerprint density at radius 2 is 1.94 bits per heavy atom. The number of nitrogens with one attached hydrogen (secondary N) is 3. The number of nitrogens with zero attached hydrogens (tertiary/aromatic N) is 1. The number of H-pyrrole nitrogens is 1. The van der Waals surface area contributed by atoms with Crippen molar-refractivity contribution >= 4 is 39.8 Å². The van der Waals surface area contributed by atoms with Crippen molar-refractivity contribution in [2.24, 2.45) is 0 Å². The minimum absolute atomic E-state index is 0.0524. The van der Waals surface area contributed by atoms with Gasteiger partial charge < -0.3 is 20.5 Å². The lowest BCUT2D eigenvalue weighted by Crippen LogP contribution is -2.36. The predicted octanol–water partition coefficient (Wildman–Crippen LogP) is 5.17. The molecule has 0 saturated heterocycles. The van der Waals surface area contributed by atoms with Crippen LogP contribution in [-0.4, -0.2) is 16.8 Å². The zero-order valence-corrected chi connectivity index (χ0v) is 18.5. The maximum absolute atomic E-state index is 13.4. The van der Waals surface area contributed by atoms with Gasteiger partial charge in [0.05, 0.1) is 17.6 Å². The molecule has 6 rings (SSSR count). The van der Waals surface area contributed by atoms with E-state index in [4.69, 9.17) is 0 Å². The van der Waals surface area contributed by atoms with Gasteiger partial charge in [-0.05, 0) is 54.8 Å². The number of aromatic amines is 1. The third-order valence-corrected chi connectivity index (χ3v) is 6.90. The second-order valence-corrected chi connectivity index (χ2v) is 9.25. The van der Waals surface area contributed by atoms with Crippen molar-refractivity contribution in [3.63, 3.8) is 0 Å². The fourth-order valence-electron chi connectivity index (χ4n) is 4.92. The normalized spacial score (nSPS) is 15.6. The minimum atomic E-state index is -0.638. The fourth-order valence-corrected chi connectivity index (χ4v) is 4.92. The van der Waals surface area contributed by atoms with E-state index in [1.807, 2.05) is 61.2 Å². The summed E-state index contributed by atoms with van der Waals surface area (Å²) in [5, 5.41) is 7.27. The summed E-state index contributed by atoms with van der Waals surface area (Å²) in [6.45, 7) is 5.21. The molecule has 3 N–H and O–H groups in total. The van der Waals surface area contributed by atoms with Crippen molar-refractivity contribution in [3.05, 3.63) is 89.1 Å². The van der Waals surface area contributed by atoms with Gasteiger partial charge in [-0.1, -0.05) is 36.4 Å². The Labute approximate surface area is 191 Å². The molecule has 2 amide bonds. The van der Waals surface area contributed by atoms with Crippen molar-refractivity contribution in [1.29, 1.82) is 0 Å². The van der Waals surface area contributed by atoms with Gasteiger partial charge in [0.25, 0.3) is 5.91 Å². The molecule has 164 valence electrons. The molecule has 0 spiro atoms. The van der Waals surface area contributed by atoms with E-state index < -0.39 is 5.41 Å². The van der Waals surface area contributed by atoms with Gasteiger partial charge in [0, 0.05) is 40.6 Å². The van der Waals surface area contributed by atoms with Gasteiger partial charge >= 0.3 is 0 Å². The number of aromatic nitrogens is 1. The summed E-state index contributed by atoms with van der Waals surface area (Å²) in [6.07, 6.45) is 1.80. The molecule has 2 aliphatic heterocycles. The van der Waals surface area contributed by atoms with Crippen molar-refractivity contribution in [1.82, 2.24) is 4.98 Å². The molecule has 4 aromatic rings. The van der Waals surface area contributed by atoms with Crippen LogP contribution in [0.4, 0.5) is 17.1 Å². The Morgan fingerprint density at radius 1 is 1.09 bits per heavy atom. The molecule has 0 aliphatic carbocycles. The zero-order chi connectivity index (χ0) is 22.7. The molecule has 6 heteroatoms. The number of hydrogen-bond donors (Lipinski definition) is 3. The third kappa shape index (κ3) is 2.94.